The monoisotopic (exact) mass is 491 g/mol. The topological polar surface area (TPSA) is 112 Å². The number of thiazole rings is 1. The molecule has 1 unspecified atom stereocenters. The van der Waals surface area contributed by atoms with E-state index in [1.54, 1.807) is 23.7 Å². The van der Waals surface area contributed by atoms with Crippen LogP contribution in [0.3, 0.4) is 0 Å². The highest BCUT2D eigenvalue weighted by Gasteiger charge is 2.30. The number of sulfonamides is 1. The number of nitrogens with one attached hydrogen (secondary N) is 2. The number of piperidine rings is 2. The summed E-state index contributed by atoms with van der Waals surface area (Å²) < 4.78 is 27.7. The molecule has 1 aromatic heterocycles. The predicted molar refractivity (Wildman–Crippen MR) is 130 cm³/mol. The standard InChI is InChI=1S/C22H29N5O4S2/c28-20(27-13-4-5-17(15-27)21(29)24-22-23-10-14-32-22)16-33(30,31)25-18-6-8-19(9-7-18)26-11-2-1-3-12-26/h6-10,14,17,25H,1-5,11-13,15-16H2,(H,23,24,29). The molecule has 0 aliphatic carbocycles. The van der Waals surface area contributed by atoms with Crippen LogP contribution in [0, 0.1) is 5.92 Å². The lowest BCUT2D eigenvalue weighted by atomic mass is 9.97. The average molecular weight is 492 g/mol. The first kappa shape index (κ1) is 23.5. The molecule has 2 aliphatic heterocycles. The molecule has 2 aliphatic rings. The maximum Gasteiger partial charge on any atom is 0.241 e. The van der Waals surface area contributed by atoms with Crippen molar-refractivity contribution in [2.45, 2.75) is 32.1 Å². The second kappa shape index (κ2) is 10.5. The number of hydrogen-bond acceptors (Lipinski definition) is 7. The van der Waals surface area contributed by atoms with Gasteiger partial charge in [-0.05, 0) is 56.4 Å². The Morgan fingerprint density at radius 1 is 1.06 bits per heavy atom. The summed E-state index contributed by atoms with van der Waals surface area (Å²) in [7, 11) is -3.86. The third-order valence-electron chi connectivity index (χ3n) is 5.98. The predicted octanol–water partition coefficient (Wildman–Crippen LogP) is 2.75. The minimum Gasteiger partial charge on any atom is -0.372 e. The van der Waals surface area contributed by atoms with Crippen LogP contribution in [0.2, 0.25) is 0 Å². The molecule has 11 heteroatoms. The highest BCUT2D eigenvalue weighted by molar-refractivity contribution is 7.93. The molecule has 3 heterocycles. The van der Waals surface area contributed by atoms with Crippen LogP contribution in [0.5, 0.6) is 0 Å². The molecule has 4 rings (SSSR count). The molecule has 0 radical (unpaired) electrons. The fraction of sp³-hybridized carbons (Fsp3) is 0.500. The Labute approximate surface area is 198 Å². The summed E-state index contributed by atoms with van der Waals surface area (Å²) in [6, 6.07) is 7.26. The van der Waals surface area contributed by atoms with Crippen LogP contribution >= 0.6 is 11.3 Å². The van der Waals surface area contributed by atoms with Gasteiger partial charge in [-0.2, -0.15) is 0 Å². The summed E-state index contributed by atoms with van der Waals surface area (Å²) >= 11 is 1.33. The molecule has 178 valence electrons. The Morgan fingerprint density at radius 3 is 2.52 bits per heavy atom. The normalized spacial score (nSPS) is 19.2. The Balaban J connectivity index is 1.30. The van der Waals surface area contributed by atoms with Crippen LogP contribution in [0.4, 0.5) is 16.5 Å². The zero-order valence-electron chi connectivity index (χ0n) is 18.4. The molecule has 2 N–H and O–H groups in total. The summed E-state index contributed by atoms with van der Waals surface area (Å²) in [6.45, 7) is 2.67. The molecule has 2 amide bonds. The van der Waals surface area contributed by atoms with Crippen molar-refractivity contribution in [2.24, 2.45) is 5.92 Å². The summed E-state index contributed by atoms with van der Waals surface area (Å²) in [5.41, 5.74) is 1.51. The Hall–Kier alpha value is -2.66. The fourth-order valence-electron chi connectivity index (χ4n) is 4.27. The molecule has 1 aromatic carbocycles. The molecule has 33 heavy (non-hydrogen) atoms. The van der Waals surface area contributed by atoms with E-state index in [2.05, 4.69) is 19.9 Å². The molecular formula is C22H29N5O4S2. The molecule has 1 atom stereocenters. The Bertz CT molecular complexity index is 1050. The third kappa shape index (κ3) is 6.44. The number of anilines is 3. The quantitative estimate of drug-likeness (QED) is 0.616. The lowest BCUT2D eigenvalue weighted by Gasteiger charge is -2.31. The lowest BCUT2D eigenvalue weighted by molar-refractivity contribution is -0.132. The number of rotatable bonds is 7. The van der Waals surface area contributed by atoms with E-state index in [4.69, 9.17) is 0 Å². The van der Waals surface area contributed by atoms with Crippen molar-refractivity contribution in [2.75, 3.05) is 46.9 Å². The first-order chi connectivity index (χ1) is 15.9. The average Bonchev–Trinajstić information content (AvgIpc) is 3.33. The number of likely N-dealkylation sites (tertiary alicyclic amines) is 1. The third-order valence-corrected chi connectivity index (χ3v) is 7.84. The number of carbonyl (C=O) groups excluding carboxylic acids is 2. The number of nitrogens with zero attached hydrogens (tertiary/aromatic N) is 3. The van der Waals surface area contributed by atoms with E-state index in [1.165, 1.54) is 35.5 Å². The van der Waals surface area contributed by atoms with Gasteiger partial charge in [-0.1, -0.05) is 0 Å². The van der Waals surface area contributed by atoms with Gasteiger partial charge in [0.2, 0.25) is 21.8 Å². The van der Waals surface area contributed by atoms with Gasteiger partial charge in [-0.15, -0.1) is 11.3 Å². The summed E-state index contributed by atoms with van der Waals surface area (Å²) in [4.78, 5) is 33.0. The highest BCUT2D eigenvalue weighted by Crippen LogP contribution is 2.23. The second-order valence-electron chi connectivity index (χ2n) is 8.46. The van der Waals surface area contributed by atoms with Gasteiger partial charge in [0.05, 0.1) is 5.92 Å². The number of benzene rings is 1. The number of amides is 2. The maximum atomic E-state index is 12.7. The van der Waals surface area contributed by atoms with Crippen molar-refractivity contribution in [3.63, 3.8) is 0 Å². The second-order valence-corrected chi connectivity index (χ2v) is 11.1. The highest BCUT2D eigenvalue weighted by atomic mass is 32.2. The van der Waals surface area contributed by atoms with Gasteiger partial charge in [0.1, 0.15) is 5.75 Å². The van der Waals surface area contributed by atoms with E-state index < -0.39 is 21.7 Å². The van der Waals surface area contributed by atoms with E-state index in [1.807, 2.05) is 12.1 Å². The zero-order chi connectivity index (χ0) is 23.3. The lowest BCUT2D eigenvalue weighted by Crippen LogP contribution is -2.46. The van der Waals surface area contributed by atoms with E-state index in [9.17, 15) is 18.0 Å². The van der Waals surface area contributed by atoms with Crippen molar-refractivity contribution < 1.29 is 18.0 Å². The van der Waals surface area contributed by atoms with Crippen LogP contribution in [0.25, 0.3) is 0 Å². The van der Waals surface area contributed by atoms with E-state index in [0.717, 1.165) is 18.8 Å². The molecule has 0 spiro atoms. The van der Waals surface area contributed by atoms with Crippen molar-refractivity contribution >= 4 is 49.7 Å². The minimum absolute atomic E-state index is 0.197. The van der Waals surface area contributed by atoms with Crippen molar-refractivity contribution in [3.8, 4) is 0 Å². The van der Waals surface area contributed by atoms with E-state index in [0.29, 0.717) is 30.2 Å². The van der Waals surface area contributed by atoms with Crippen LogP contribution in [0.1, 0.15) is 32.1 Å². The van der Waals surface area contributed by atoms with Crippen LogP contribution in [0.15, 0.2) is 35.8 Å². The molecule has 0 bridgehead atoms. The van der Waals surface area contributed by atoms with Crippen molar-refractivity contribution in [1.29, 1.82) is 0 Å². The largest absolute Gasteiger partial charge is 0.372 e. The molecular weight excluding hydrogens is 462 g/mol. The van der Waals surface area contributed by atoms with Crippen molar-refractivity contribution in [1.82, 2.24) is 9.88 Å². The van der Waals surface area contributed by atoms with Crippen molar-refractivity contribution in [3.05, 3.63) is 35.8 Å². The summed E-state index contributed by atoms with van der Waals surface area (Å²) in [6.07, 6.45) is 6.48. The van der Waals surface area contributed by atoms with Gasteiger partial charge in [-0.25, -0.2) is 13.4 Å². The Morgan fingerprint density at radius 2 is 1.82 bits per heavy atom. The van der Waals surface area contributed by atoms with Gasteiger partial charge >= 0.3 is 0 Å². The van der Waals surface area contributed by atoms with Gasteiger partial charge in [0, 0.05) is 49.1 Å². The minimum atomic E-state index is -3.86. The number of hydrogen-bond donors (Lipinski definition) is 2. The summed E-state index contributed by atoms with van der Waals surface area (Å²) in [5, 5.41) is 5.04. The molecule has 2 fully saturated rings. The fourth-order valence-corrected chi connectivity index (χ4v) is 5.88. The van der Waals surface area contributed by atoms with Crippen LogP contribution < -0.4 is 14.9 Å². The molecule has 9 nitrogen and oxygen atoms in total. The number of carbonyl (C=O) groups is 2. The summed E-state index contributed by atoms with van der Waals surface area (Å²) in [5.74, 6) is -1.73. The van der Waals surface area contributed by atoms with Gasteiger partial charge < -0.3 is 15.1 Å². The van der Waals surface area contributed by atoms with Crippen LogP contribution in [-0.4, -0.2) is 62.0 Å². The van der Waals surface area contributed by atoms with Gasteiger partial charge in [-0.3, -0.25) is 14.3 Å². The van der Waals surface area contributed by atoms with E-state index >= 15 is 0 Å². The van der Waals surface area contributed by atoms with Gasteiger partial charge in [0.15, 0.2) is 5.13 Å². The van der Waals surface area contributed by atoms with Gasteiger partial charge in [0.25, 0.3) is 0 Å². The van der Waals surface area contributed by atoms with Crippen LogP contribution in [-0.2, 0) is 19.6 Å². The zero-order valence-corrected chi connectivity index (χ0v) is 20.0. The molecule has 2 aromatic rings. The maximum absolute atomic E-state index is 12.7. The SMILES string of the molecule is O=C(Nc1nccs1)C1CCCN(C(=O)CS(=O)(=O)Nc2ccc(N3CCCCC3)cc2)C1. The number of aromatic nitrogens is 1. The van der Waals surface area contributed by atoms with E-state index in [-0.39, 0.29) is 18.4 Å². The first-order valence-electron chi connectivity index (χ1n) is 11.2. The first-order valence-corrected chi connectivity index (χ1v) is 13.8. The smallest absolute Gasteiger partial charge is 0.241 e. The molecule has 2 saturated heterocycles. The molecule has 0 saturated carbocycles. The Kier molecular flexibility index (Phi) is 7.49.